The van der Waals surface area contributed by atoms with Gasteiger partial charge in [0.15, 0.2) is 5.82 Å². The van der Waals surface area contributed by atoms with E-state index in [0.29, 0.717) is 34.9 Å². The average molecular weight is 289 g/mol. The molecule has 1 aromatic carbocycles. The van der Waals surface area contributed by atoms with Gasteiger partial charge in [0.2, 0.25) is 0 Å². The summed E-state index contributed by atoms with van der Waals surface area (Å²) in [7, 11) is 0. The van der Waals surface area contributed by atoms with Crippen molar-refractivity contribution in [1.82, 2.24) is 4.98 Å². The number of aryl methyl sites for hydroxylation is 1. The number of aromatic amines is 1. The summed E-state index contributed by atoms with van der Waals surface area (Å²) in [6.45, 7) is 5.62. The van der Waals surface area contributed by atoms with Gasteiger partial charge in [-0.15, -0.1) is 10.2 Å². The van der Waals surface area contributed by atoms with Crippen LogP contribution in [-0.2, 0) is 4.74 Å². The number of hydrogen-bond donors (Lipinski definition) is 1. The zero-order valence-electron chi connectivity index (χ0n) is 12.1. The first-order valence-electron chi connectivity index (χ1n) is 6.56. The van der Waals surface area contributed by atoms with Crippen LogP contribution in [0.1, 0.15) is 28.5 Å². The van der Waals surface area contributed by atoms with Gasteiger partial charge in [-0.1, -0.05) is 0 Å². The van der Waals surface area contributed by atoms with Gasteiger partial charge >= 0.3 is 5.97 Å². The number of rotatable bonds is 4. The van der Waals surface area contributed by atoms with E-state index in [9.17, 15) is 9.18 Å². The molecule has 1 heterocycles. The molecule has 110 valence electrons. The monoisotopic (exact) mass is 289 g/mol. The van der Waals surface area contributed by atoms with E-state index in [0.717, 1.165) is 0 Å². The van der Waals surface area contributed by atoms with Crippen molar-refractivity contribution in [2.75, 3.05) is 6.61 Å². The van der Waals surface area contributed by atoms with Gasteiger partial charge in [-0.2, -0.15) is 0 Å². The fraction of sp³-hybridized carbons (Fsp3) is 0.267. The quantitative estimate of drug-likeness (QED) is 0.671. The first-order valence-corrected chi connectivity index (χ1v) is 6.56. The number of benzene rings is 1. The molecule has 0 aliphatic heterocycles. The molecule has 0 aliphatic rings. The minimum absolute atomic E-state index is 0.315. The molecule has 2 aromatic rings. The van der Waals surface area contributed by atoms with E-state index >= 15 is 0 Å². The standard InChI is InChI=1S/C15H16FN3O2/c1-4-21-15(20)13-9(2)14(17-10(13)3)19-18-12-7-5-11(16)6-8-12/h5-8,17H,4H2,1-3H3. The molecule has 6 heteroatoms. The number of azo groups is 1. The highest BCUT2D eigenvalue weighted by Gasteiger charge is 2.19. The lowest BCUT2D eigenvalue weighted by molar-refractivity contribution is 0.0525. The summed E-state index contributed by atoms with van der Waals surface area (Å²) in [5.41, 5.74) is 2.36. The number of nitrogens with one attached hydrogen (secondary N) is 1. The van der Waals surface area contributed by atoms with Gasteiger partial charge in [0, 0.05) is 11.3 Å². The van der Waals surface area contributed by atoms with Crippen LogP contribution in [0.4, 0.5) is 15.9 Å². The molecule has 0 unspecified atom stereocenters. The molecule has 0 radical (unpaired) electrons. The van der Waals surface area contributed by atoms with E-state index in [1.807, 2.05) is 0 Å². The van der Waals surface area contributed by atoms with Crippen LogP contribution in [0.15, 0.2) is 34.5 Å². The molecule has 2 rings (SSSR count). The number of carbonyl (C=O) groups is 1. The van der Waals surface area contributed by atoms with Crippen LogP contribution < -0.4 is 0 Å². The summed E-state index contributed by atoms with van der Waals surface area (Å²) in [5, 5.41) is 8.08. The SMILES string of the molecule is CCOC(=O)c1c(C)[nH]c(N=Nc2ccc(F)cc2)c1C. The zero-order chi connectivity index (χ0) is 15.4. The van der Waals surface area contributed by atoms with Gasteiger partial charge in [-0.3, -0.25) is 0 Å². The Kier molecular flexibility index (Phi) is 4.47. The van der Waals surface area contributed by atoms with E-state index in [1.54, 1.807) is 20.8 Å². The maximum atomic E-state index is 12.8. The van der Waals surface area contributed by atoms with Crippen LogP contribution in [0.2, 0.25) is 0 Å². The number of aromatic nitrogens is 1. The van der Waals surface area contributed by atoms with Crippen molar-refractivity contribution in [3.63, 3.8) is 0 Å². The van der Waals surface area contributed by atoms with Crippen LogP contribution in [0.3, 0.4) is 0 Å². The lowest BCUT2D eigenvalue weighted by Gasteiger charge is -2.01. The van der Waals surface area contributed by atoms with Crippen LogP contribution in [0.25, 0.3) is 0 Å². The van der Waals surface area contributed by atoms with E-state index in [4.69, 9.17) is 4.74 Å². The van der Waals surface area contributed by atoms with Crippen LogP contribution in [0.5, 0.6) is 0 Å². The Labute approximate surface area is 121 Å². The zero-order valence-corrected chi connectivity index (χ0v) is 12.1. The fourth-order valence-corrected chi connectivity index (χ4v) is 1.96. The Morgan fingerprint density at radius 2 is 1.90 bits per heavy atom. The summed E-state index contributed by atoms with van der Waals surface area (Å²) >= 11 is 0. The third kappa shape index (κ3) is 3.34. The number of hydrogen-bond acceptors (Lipinski definition) is 4. The Balaban J connectivity index is 2.27. The van der Waals surface area contributed by atoms with Crippen LogP contribution >= 0.6 is 0 Å². The number of carbonyl (C=O) groups excluding carboxylic acids is 1. The molecule has 5 nitrogen and oxygen atoms in total. The van der Waals surface area contributed by atoms with Crippen molar-refractivity contribution in [1.29, 1.82) is 0 Å². The highest BCUT2D eigenvalue weighted by atomic mass is 19.1. The third-order valence-electron chi connectivity index (χ3n) is 2.98. The first-order chi connectivity index (χ1) is 10.0. The Morgan fingerprint density at radius 1 is 1.24 bits per heavy atom. The lowest BCUT2D eigenvalue weighted by atomic mass is 10.1. The maximum absolute atomic E-state index is 12.8. The molecular weight excluding hydrogens is 273 g/mol. The molecule has 0 fully saturated rings. The summed E-state index contributed by atoms with van der Waals surface area (Å²) in [5.74, 6) is -0.225. The number of esters is 1. The van der Waals surface area contributed by atoms with Gasteiger partial charge in [0.25, 0.3) is 0 Å². The molecule has 0 saturated heterocycles. The van der Waals surface area contributed by atoms with E-state index in [1.165, 1.54) is 24.3 Å². The Bertz CT molecular complexity index is 675. The number of halogens is 1. The van der Waals surface area contributed by atoms with Crippen LogP contribution in [-0.4, -0.2) is 17.6 Å². The van der Waals surface area contributed by atoms with Crippen LogP contribution in [0, 0.1) is 19.7 Å². The van der Waals surface area contributed by atoms with Crippen molar-refractivity contribution in [2.45, 2.75) is 20.8 Å². The van der Waals surface area contributed by atoms with E-state index < -0.39 is 0 Å². The second kappa shape index (κ2) is 6.30. The third-order valence-corrected chi connectivity index (χ3v) is 2.98. The lowest BCUT2D eigenvalue weighted by Crippen LogP contribution is -2.06. The summed E-state index contributed by atoms with van der Waals surface area (Å²) in [6.07, 6.45) is 0. The van der Waals surface area contributed by atoms with Crippen molar-refractivity contribution >= 4 is 17.5 Å². The number of nitrogens with zero attached hydrogens (tertiary/aromatic N) is 2. The van der Waals surface area contributed by atoms with Gasteiger partial charge in [-0.05, 0) is 45.0 Å². The molecule has 0 bridgehead atoms. The van der Waals surface area contributed by atoms with Crippen molar-refractivity contribution in [3.8, 4) is 0 Å². The largest absolute Gasteiger partial charge is 0.462 e. The molecular formula is C15H16FN3O2. The molecule has 0 amide bonds. The highest BCUT2D eigenvalue weighted by molar-refractivity contribution is 5.93. The minimum Gasteiger partial charge on any atom is -0.462 e. The second-order valence-corrected chi connectivity index (χ2v) is 4.50. The fourth-order valence-electron chi connectivity index (χ4n) is 1.96. The number of ether oxygens (including phenoxy) is 1. The molecule has 1 N–H and O–H groups in total. The summed E-state index contributed by atoms with van der Waals surface area (Å²) in [4.78, 5) is 14.9. The topological polar surface area (TPSA) is 66.8 Å². The van der Waals surface area contributed by atoms with Crippen molar-refractivity contribution < 1.29 is 13.9 Å². The predicted molar refractivity (Wildman–Crippen MR) is 76.8 cm³/mol. The predicted octanol–water partition coefficient (Wildman–Crippen LogP) is 4.36. The second-order valence-electron chi connectivity index (χ2n) is 4.50. The van der Waals surface area contributed by atoms with Gasteiger partial charge in [0.05, 0.1) is 17.9 Å². The van der Waals surface area contributed by atoms with Gasteiger partial charge in [-0.25, -0.2) is 9.18 Å². The molecule has 1 aromatic heterocycles. The molecule has 0 aliphatic carbocycles. The minimum atomic E-state index is -0.382. The smallest absolute Gasteiger partial charge is 0.340 e. The summed E-state index contributed by atoms with van der Waals surface area (Å²) < 4.78 is 17.8. The molecule has 21 heavy (non-hydrogen) atoms. The van der Waals surface area contributed by atoms with Crippen molar-refractivity contribution in [2.24, 2.45) is 10.2 Å². The van der Waals surface area contributed by atoms with E-state index in [-0.39, 0.29) is 11.8 Å². The molecule has 0 atom stereocenters. The molecule has 0 spiro atoms. The Hall–Kier alpha value is -2.50. The Morgan fingerprint density at radius 3 is 2.52 bits per heavy atom. The van der Waals surface area contributed by atoms with Gasteiger partial charge in [0.1, 0.15) is 5.82 Å². The number of H-pyrrole nitrogens is 1. The van der Waals surface area contributed by atoms with Gasteiger partial charge < -0.3 is 9.72 Å². The first kappa shape index (κ1) is 14.9. The molecule has 0 saturated carbocycles. The summed E-state index contributed by atoms with van der Waals surface area (Å²) in [6, 6.07) is 5.67. The highest BCUT2D eigenvalue weighted by Crippen LogP contribution is 2.27. The average Bonchev–Trinajstić information content (AvgIpc) is 2.73. The van der Waals surface area contributed by atoms with Crippen molar-refractivity contribution in [3.05, 3.63) is 46.9 Å². The van der Waals surface area contributed by atoms with E-state index in [2.05, 4.69) is 15.2 Å². The maximum Gasteiger partial charge on any atom is 0.340 e. The normalized spacial score (nSPS) is 11.0.